The number of rotatable bonds is 6. The lowest BCUT2D eigenvalue weighted by molar-refractivity contribution is 0.0655. The fourth-order valence-corrected chi connectivity index (χ4v) is 5.19. The lowest BCUT2D eigenvalue weighted by atomic mass is 9.91. The number of aromatic nitrogens is 2. The normalized spacial score (nSPS) is 27.1. The largest absolute Gasteiger partial charge is 0.381 e. The number of sulfonamides is 1. The van der Waals surface area contributed by atoms with Gasteiger partial charge >= 0.3 is 0 Å². The smallest absolute Gasteiger partial charge is 0.211 e. The molecule has 0 spiro atoms. The minimum absolute atomic E-state index is 0.0386. The summed E-state index contributed by atoms with van der Waals surface area (Å²) in [5, 5.41) is 4.31. The van der Waals surface area contributed by atoms with Gasteiger partial charge in [-0.05, 0) is 44.1 Å². The molecule has 6 nitrogen and oxygen atoms in total. The molecule has 0 aromatic carbocycles. The summed E-state index contributed by atoms with van der Waals surface area (Å²) in [6, 6.07) is 1.99. The summed E-state index contributed by atoms with van der Waals surface area (Å²) in [5.41, 5.74) is 0. The van der Waals surface area contributed by atoms with Gasteiger partial charge in [-0.25, -0.2) is 13.1 Å². The maximum Gasteiger partial charge on any atom is 0.211 e. The van der Waals surface area contributed by atoms with Crippen molar-refractivity contribution in [1.29, 1.82) is 0 Å². The van der Waals surface area contributed by atoms with Gasteiger partial charge in [0.1, 0.15) is 0 Å². The first-order valence-corrected chi connectivity index (χ1v) is 10.4. The van der Waals surface area contributed by atoms with Crippen molar-refractivity contribution in [2.24, 2.45) is 5.92 Å². The molecule has 0 radical (unpaired) electrons. The third kappa shape index (κ3) is 4.78. The Balaban J connectivity index is 1.56. The van der Waals surface area contributed by atoms with Gasteiger partial charge in [0.25, 0.3) is 0 Å². The Morgan fingerprint density at radius 2 is 1.96 bits per heavy atom. The van der Waals surface area contributed by atoms with E-state index in [-0.39, 0.29) is 17.8 Å². The summed E-state index contributed by atoms with van der Waals surface area (Å²) in [5.74, 6) is 0.702. The molecule has 2 unspecified atom stereocenters. The molecule has 2 atom stereocenters. The zero-order valence-electron chi connectivity index (χ0n) is 13.6. The van der Waals surface area contributed by atoms with E-state index in [9.17, 15) is 8.42 Å². The third-order valence-electron chi connectivity index (χ3n) is 5.06. The van der Waals surface area contributed by atoms with E-state index in [4.69, 9.17) is 4.74 Å². The van der Waals surface area contributed by atoms with Crippen LogP contribution in [0.25, 0.3) is 0 Å². The molecule has 3 rings (SSSR count). The van der Waals surface area contributed by atoms with E-state index < -0.39 is 10.0 Å². The SMILES string of the molecule is O=S(=O)(CCC1CCOCC1)NC1CCCCC1n1cccn1. The van der Waals surface area contributed by atoms with Gasteiger partial charge in [-0.1, -0.05) is 12.8 Å². The number of nitrogens with zero attached hydrogens (tertiary/aromatic N) is 2. The maximum absolute atomic E-state index is 12.5. The average molecular weight is 341 g/mol. The molecule has 1 aromatic rings. The van der Waals surface area contributed by atoms with Crippen molar-refractivity contribution in [3.8, 4) is 0 Å². The first-order valence-electron chi connectivity index (χ1n) is 8.71. The van der Waals surface area contributed by atoms with Gasteiger partial charge in [-0.3, -0.25) is 4.68 Å². The van der Waals surface area contributed by atoms with Crippen LogP contribution in [0.1, 0.15) is 51.0 Å². The zero-order chi connectivity index (χ0) is 16.1. The van der Waals surface area contributed by atoms with Gasteiger partial charge < -0.3 is 4.74 Å². The van der Waals surface area contributed by atoms with Crippen LogP contribution >= 0.6 is 0 Å². The van der Waals surface area contributed by atoms with Crippen molar-refractivity contribution >= 4 is 10.0 Å². The molecule has 2 fully saturated rings. The van der Waals surface area contributed by atoms with Gasteiger partial charge in [0.05, 0.1) is 11.8 Å². The maximum atomic E-state index is 12.5. The average Bonchev–Trinajstić information content (AvgIpc) is 3.09. The van der Waals surface area contributed by atoms with Crippen LogP contribution in [0.15, 0.2) is 18.5 Å². The molecule has 130 valence electrons. The van der Waals surface area contributed by atoms with Gasteiger partial charge in [-0.2, -0.15) is 5.10 Å². The zero-order valence-corrected chi connectivity index (χ0v) is 14.4. The van der Waals surface area contributed by atoms with Crippen LogP contribution in [0.4, 0.5) is 0 Å². The molecule has 7 heteroatoms. The molecule has 2 aliphatic rings. The van der Waals surface area contributed by atoms with E-state index in [1.807, 2.05) is 16.9 Å². The number of nitrogens with one attached hydrogen (secondary N) is 1. The van der Waals surface area contributed by atoms with Gasteiger partial charge in [0.2, 0.25) is 10.0 Å². The molecule has 1 aromatic heterocycles. The predicted octanol–water partition coefficient (Wildman–Crippen LogP) is 2.10. The van der Waals surface area contributed by atoms with Crippen molar-refractivity contribution in [2.45, 2.75) is 57.0 Å². The van der Waals surface area contributed by atoms with Crippen LogP contribution in [0, 0.1) is 5.92 Å². The van der Waals surface area contributed by atoms with Crippen molar-refractivity contribution in [3.63, 3.8) is 0 Å². The van der Waals surface area contributed by atoms with Crippen LogP contribution < -0.4 is 4.72 Å². The van der Waals surface area contributed by atoms with Crippen LogP contribution in [0.5, 0.6) is 0 Å². The fourth-order valence-electron chi connectivity index (χ4n) is 3.69. The van der Waals surface area contributed by atoms with E-state index >= 15 is 0 Å². The van der Waals surface area contributed by atoms with Crippen LogP contribution in [-0.4, -0.2) is 43.2 Å². The molecular formula is C16H27N3O3S. The van der Waals surface area contributed by atoms with Crippen LogP contribution in [-0.2, 0) is 14.8 Å². The lowest BCUT2D eigenvalue weighted by Gasteiger charge is -2.32. The van der Waals surface area contributed by atoms with Gasteiger partial charge in [0.15, 0.2) is 0 Å². The van der Waals surface area contributed by atoms with Gasteiger partial charge in [0, 0.05) is 31.6 Å². The Kier molecular flexibility index (Phi) is 5.71. The van der Waals surface area contributed by atoms with Crippen LogP contribution in [0.3, 0.4) is 0 Å². The summed E-state index contributed by atoms with van der Waals surface area (Å²) in [4.78, 5) is 0. The molecule has 23 heavy (non-hydrogen) atoms. The van der Waals surface area contributed by atoms with Crippen LogP contribution in [0.2, 0.25) is 0 Å². The van der Waals surface area contributed by atoms with Crippen molar-refractivity contribution in [2.75, 3.05) is 19.0 Å². The monoisotopic (exact) mass is 341 g/mol. The number of hydrogen-bond acceptors (Lipinski definition) is 4. The minimum atomic E-state index is -3.24. The molecule has 0 bridgehead atoms. The van der Waals surface area contributed by atoms with E-state index in [1.54, 1.807) is 6.20 Å². The Morgan fingerprint density at radius 3 is 2.70 bits per heavy atom. The molecule has 1 aliphatic carbocycles. The van der Waals surface area contributed by atoms with Crippen molar-refractivity contribution in [1.82, 2.24) is 14.5 Å². The lowest BCUT2D eigenvalue weighted by Crippen LogP contribution is -2.44. The minimum Gasteiger partial charge on any atom is -0.381 e. The molecule has 1 saturated carbocycles. The molecular weight excluding hydrogens is 314 g/mol. The number of hydrogen-bond donors (Lipinski definition) is 1. The summed E-state index contributed by atoms with van der Waals surface area (Å²) in [7, 11) is -3.24. The Morgan fingerprint density at radius 1 is 1.17 bits per heavy atom. The highest BCUT2D eigenvalue weighted by Crippen LogP contribution is 2.29. The molecule has 0 amide bonds. The standard InChI is InChI=1S/C16H27N3O3S/c20-23(21,13-8-14-6-11-22-12-7-14)18-15-4-1-2-5-16(15)19-10-3-9-17-19/h3,9-10,14-16,18H,1-2,4-8,11-13H2. The highest BCUT2D eigenvalue weighted by molar-refractivity contribution is 7.89. The van der Waals surface area contributed by atoms with Crippen molar-refractivity contribution < 1.29 is 13.2 Å². The molecule has 1 saturated heterocycles. The van der Waals surface area contributed by atoms with E-state index in [1.165, 1.54) is 0 Å². The van der Waals surface area contributed by atoms with Crippen molar-refractivity contribution in [3.05, 3.63) is 18.5 Å². The first-order chi connectivity index (χ1) is 11.1. The summed E-state index contributed by atoms with van der Waals surface area (Å²) >= 11 is 0. The van der Waals surface area contributed by atoms with E-state index in [0.717, 1.165) is 58.2 Å². The highest BCUT2D eigenvalue weighted by atomic mass is 32.2. The Hall–Kier alpha value is -0.920. The molecule has 1 aliphatic heterocycles. The molecule has 2 heterocycles. The Bertz CT molecular complexity index is 567. The second kappa shape index (κ2) is 7.77. The fraction of sp³-hybridized carbons (Fsp3) is 0.812. The topological polar surface area (TPSA) is 73.2 Å². The first kappa shape index (κ1) is 16.9. The van der Waals surface area contributed by atoms with Gasteiger partial charge in [-0.15, -0.1) is 0 Å². The second-order valence-corrected chi connectivity index (χ2v) is 8.60. The quantitative estimate of drug-likeness (QED) is 0.860. The van der Waals surface area contributed by atoms with E-state index in [0.29, 0.717) is 5.92 Å². The second-order valence-electron chi connectivity index (χ2n) is 6.73. The summed E-state index contributed by atoms with van der Waals surface area (Å²) in [6.07, 6.45) is 10.5. The molecule has 1 N–H and O–H groups in total. The number of ether oxygens (including phenoxy) is 1. The summed E-state index contributed by atoms with van der Waals surface area (Å²) < 4.78 is 35.2. The summed E-state index contributed by atoms with van der Waals surface area (Å²) in [6.45, 7) is 1.53. The third-order valence-corrected chi connectivity index (χ3v) is 6.50. The van der Waals surface area contributed by atoms with E-state index in [2.05, 4.69) is 9.82 Å². The Labute approximate surface area is 138 Å². The highest BCUT2D eigenvalue weighted by Gasteiger charge is 2.30. The predicted molar refractivity (Wildman–Crippen MR) is 88.6 cm³/mol.